The Morgan fingerprint density at radius 2 is 2.19 bits per heavy atom. The van der Waals surface area contributed by atoms with Crippen LogP contribution < -0.4 is 5.32 Å². The van der Waals surface area contributed by atoms with Gasteiger partial charge >= 0.3 is 0 Å². The van der Waals surface area contributed by atoms with E-state index in [9.17, 15) is 0 Å². The summed E-state index contributed by atoms with van der Waals surface area (Å²) in [5.41, 5.74) is 0.501. The van der Waals surface area contributed by atoms with Crippen molar-refractivity contribution in [3.8, 4) is 0 Å². The molecule has 1 aliphatic heterocycles. The molecule has 1 heterocycles. The summed E-state index contributed by atoms with van der Waals surface area (Å²) in [5, 5.41) is 3.52. The molecule has 0 radical (unpaired) electrons. The molecule has 1 aliphatic carbocycles. The lowest BCUT2D eigenvalue weighted by molar-refractivity contribution is 0.322. The van der Waals surface area contributed by atoms with Gasteiger partial charge < -0.3 is 10.2 Å². The number of aliphatic imine (C=N–C) groups is 1. The van der Waals surface area contributed by atoms with Crippen LogP contribution in [-0.2, 0) is 0 Å². The van der Waals surface area contributed by atoms with Gasteiger partial charge in [0.15, 0.2) is 5.96 Å². The van der Waals surface area contributed by atoms with Crippen molar-refractivity contribution in [3.63, 3.8) is 0 Å². The lowest BCUT2D eigenvalue weighted by Gasteiger charge is -2.25. The van der Waals surface area contributed by atoms with Gasteiger partial charge in [0.2, 0.25) is 0 Å². The second kappa shape index (κ2) is 5.56. The maximum absolute atomic E-state index is 4.38. The average Bonchev–Trinajstić information content (AvgIpc) is 2.98. The van der Waals surface area contributed by atoms with Gasteiger partial charge in [0.05, 0.1) is 0 Å². The van der Waals surface area contributed by atoms with E-state index in [1.54, 1.807) is 0 Å². The lowest BCUT2D eigenvalue weighted by atomic mass is 9.87. The summed E-state index contributed by atoms with van der Waals surface area (Å²) in [5.74, 6) is 1.12. The quantitative estimate of drug-likeness (QED) is 0.476. The fourth-order valence-electron chi connectivity index (χ4n) is 2.20. The van der Waals surface area contributed by atoms with E-state index in [-0.39, 0.29) is 24.0 Å². The summed E-state index contributed by atoms with van der Waals surface area (Å²) in [6, 6.07) is 0.706. The topological polar surface area (TPSA) is 27.6 Å². The Hall–Kier alpha value is 0. The highest BCUT2D eigenvalue weighted by Gasteiger charge is 2.34. The molecule has 0 aromatic carbocycles. The molecule has 0 bridgehead atoms. The number of guanidine groups is 1. The predicted molar refractivity (Wildman–Crippen MR) is 79.5 cm³/mol. The number of rotatable bonds is 2. The van der Waals surface area contributed by atoms with Gasteiger partial charge in [-0.15, -0.1) is 24.0 Å². The Morgan fingerprint density at radius 3 is 2.62 bits per heavy atom. The average molecular weight is 337 g/mol. The third-order valence-electron chi connectivity index (χ3n) is 3.83. The van der Waals surface area contributed by atoms with E-state index < -0.39 is 0 Å². The van der Waals surface area contributed by atoms with Gasteiger partial charge in [-0.1, -0.05) is 13.8 Å². The fourth-order valence-corrected chi connectivity index (χ4v) is 2.20. The minimum absolute atomic E-state index is 0. The van der Waals surface area contributed by atoms with Crippen molar-refractivity contribution in [2.24, 2.45) is 10.4 Å². The van der Waals surface area contributed by atoms with Gasteiger partial charge in [-0.2, -0.15) is 0 Å². The molecule has 1 N–H and O–H groups in total. The molecule has 2 rings (SSSR count). The number of likely N-dealkylation sites (tertiary alicyclic amines) is 1. The van der Waals surface area contributed by atoms with Gasteiger partial charge in [0.25, 0.3) is 0 Å². The molecular formula is C12H24IN3. The number of nitrogens with one attached hydrogen (secondary N) is 1. The Labute approximate surface area is 116 Å². The van der Waals surface area contributed by atoms with Crippen molar-refractivity contribution in [2.45, 2.75) is 45.6 Å². The highest BCUT2D eigenvalue weighted by Crippen LogP contribution is 2.33. The molecule has 0 aromatic heterocycles. The molecule has 16 heavy (non-hydrogen) atoms. The van der Waals surface area contributed by atoms with Crippen molar-refractivity contribution in [2.75, 3.05) is 20.1 Å². The fraction of sp³-hybridized carbons (Fsp3) is 0.917. The first-order chi connectivity index (χ1) is 7.17. The second-order valence-corrected chi connectivity index (χ2v) is 5.30. The molecule has 3 nitrogen and oxygen atoms in total. The molecular weight excluding hydrogens is 313 g/mol. The number of halogens is 1. The molecule has 1 unspecified atom stereocenters. The van der Waals surface area contributed by atoms with E-state index in [1.165, 1.54) is 25.7 Å². The summed E-state index contributed by atoms with van der Waals surface area (Å²) >= 11 is 0. The Kier molecular flexibility index (Phi) is 4.88. The lowest BCUT2D eigenvalue weighted by Crippen LogP contribution is -2.41. The molecule has 1 atom stereocenters. The van der Waals surface area contributed by atoms with Crippen LogP contribution in [-0.4, -0.2) is 37.0 Å². The first kappa shape index (κ1) is 14.1. The van der Waals surface area contributed by atoms with E-state index in [1.807, 2.05) is 7.05 Å². The van der Waals surface area contributed by atoms with Crippen molar-refractivity contribution in [1.29, 1.82) is 0 Å². The van der Waals surface area contributed by atoms with Crippen molar-refractivity contribution < 1.29 is 0 Å². The number of hydrogen-bond donors (Lipinski definition) is 1. The Balaban J connectivity index is 0.00000128. The van der Waals surface area contributed by atoms with Crippen LogP contribution in [0.25, 0.3) is 0 Å². The van der Waals surface area contributed by atoms with Gasteiger partial charge in [-0.05, 0) is 31.1 Å². The van der Waals surface area contributed by atoms with E-state index in [0.29, 0.717) is 11.5 Å². The van der Waals surface area contributed by atoms with E-state index in [2.05, 4.69) is 29.1 Å². The third kappa shape index (κ3) is 3.25. The van der Waals surface area contributed by atoms with Gasteiger partial charge in [-0.3, -0.25) is 4.99 Å². The molecule has 1 saturated carbocycles. The molecule has 94 valence electrons. The Bertz CT molecular complexity index is 263. The number of nitrogens with zero attached hydrogens (tertiary/aromatic N) is 2. The van der Waals surface area contributed by atoms with Crippen LogP contribution in [0.4, 0.5) is 0 Å². The molecule has 4 heteroatoms. The normalized spacial score (nSPS) is 30.2. The van der Waals surface area contributed by atoms with Crippen LogP contribution >= 0.6 is 24.0 Å². The molecule has 0 amide bonds. The Morgan fingerprint density at radius 1 is 1.50 bits per heavy atom. The van der Waals surface area contributed by atoms with Gasteiger partial charge in [0.1, 0.15) is 0 Å². The highest BCUT2D eigenvalue weighted by atomic mass is 127. The molecule has 2 fully saturated rings. The zero-order valence-electron chi connectivity index (χ0n) is 10.6. The summed E-state index contributed by atoms with van der Waals surface area (Å²) in [6.07, 6.45) is 5.20. The largest absolute Gasteiger partial charge is 0.354 e. The van der Waals surface area contributed by atoms with Crippen molar-refractivity contribution in [1.82, 2.24) is 10.2 Å². The van der Waals surface area contributed by atoms with Crippen LogP contribution in [0, 0.1) is 5.41 Å². The second-order valence-electron chi connectivity index (χ2n) is 5.30. The molecule has 2 aliphatic rings. The summed E-state index contributed by atoms with van der Waals surface area (Å²) < 4.78 is 0. The van der Waals surface area contributed by atoms with Crippen LogP contribution in [0.2, 0.25) is 0 Å². The highest BCUT2D eigenvalue weighted by molar-refractivity contribution is 14.0. The summed E-state index contributed by atoms with van der Waals surface area (Å²) in [6.45, 7) is 7.00. The van der Waals surface area contributed by atoms with Crippen LogP contribution in [0.3, 0.4) is 0 Å². The van der Waals surface area contributed by atoms with E-state index in [4.69, 9.17) is 0 Å². The van der Waals surface area contributed by atoms with Crippen LogP contribution in [0.1, 0.15) is 39.5 Å². The third-order valence-corrected chi connectivity index (χ3v) is 3.83. The zero-order valence-corrected chi connectivity index (χ0v) is 13.0. The van der Waals surface area contributed by atoms with Crippen molar-refractivity contribution >= 4 is 29.9 Å². The van der Waals surface area contributed by atoms with Crippen molar-refractivity contribution in [3.05, 3.63) is 0 Å². The van der Waals surface area contributed by atoms with E-state index in [0.717, 1.165) is 19.0 Å². The minimum Gasteiger partial charge on any atom is -0.354 e. The van der Waals surface area contributed by atoms with Gasteiger partial charge in [0, 0.05) is 26.2 Å². The van der Waals surface area contributed by atoms with E-state index >= 15 is 0 Å². The van der Waals surface area contributed by atoms with Crippen LogP contribution in [0.15, 0.2) is 4.99 Å². The first-order valence-corrected chi connectivity index (χ1v) is 6.15. The monoisotopic (exact) mass is 337 g/mol. The maximum Gasteiger partial charge on any atom is 0.193 e. The molecule has 0 aromatic rings. The standard InChI is InChI=1S/C12H23N3.HI/c1-4-12(2)7-8-15(9-12)11(13-3)14-10-5-6-10;/h10H,4-9H2,1-3H3,(H,13,14);1H. The van der Waals surface area contributed by atoms with Gasteiger partial charge in [-0.25, -0.2) is 0 Å². The summed E-state index contributed by atoms with van der Waals surface area (Å²) in [4.78, 5) is 6.80. The zero-order chi connectivity index (χ0) is 10.9. The summed E-state index contributed by atoms with van der Waals surface area (Å²) in [7, 11) is 1.90. The smallest absolute Gasteiger partial charge is 0.193 e. The molecule has 0 spiro atoms. The minimum atomic E-state index is 0. The maximum atomic E-state index is 4.38. The SMILES string of the molecule is CCC1(C)CCN(C(=NC)NC2CC2)C1.I. The van der Waals surface area contributed by atoms with Crippen LogP contribution in [0.5, 0.6) is 0 Å². The number of hydrogen-bond acceptors (Lipinski definition) is 1. The predicted octanol–water partition coefficient (Wildman–Crippen LogP) is 2.46. The molecule has 1 saturated heterocycles. The first-order valence-electron chi connectivity index (χ1n) is 6.15.